The Balaban J connectivity index is 0.000000203. The van der Waals surface area contributed by atoms with Crippen molar-refractivity contribution in [2.45, 2.75) is 154 Å². The third-order valence-corrected chi connectivity index (χ3v) is 25.8. The Labute approximate surface area is 848 Å². The molecule has 4 heterocycles. The number of carbonyl (C=O) groups is 8. The number of nitrogens with one attached hydrogen (secondary N) is 4. The molecular formula is C108H140Cl8N12O8. The lowest BCUT2D eigenvalue weighted by atomic mass is 10.0. The zero-order valence-corrected chi connectivity index (χ0v) is 85.2. The van der Waals surface area contributed by atoms with E-state index < -0.39 is 0 Å². The number of rotatable bonds is 53. The number of hydrogen-bond acceptors (Lipinski definition) is 16. The number of hydrogen-bond donors (Lipinski definition) is 4. The normalized spacial score (nSPS) is 14.0. The van der Waals surface area contributed by atoms with Crippen LogP contribution in [-0.4, -0.2) is 244 Å². The van der Waals surface area contributed by atoms with Crippen molar-refractivity contribution in [1.82, 2.24) is 19.6 Å². The number of halogens is 8. The second kappa shape index (κ2) is 64.8. The van der Waals surface area contributed by atoms with Gasteiger partial charge in [-0.15, -0.1) is 92.8 Å². The number of alkyl halides is 8. The van der Waals surface area contributed by atoms with Crippen LogP contribution in [0.4, 0.5) is 45.5 Å². The van der Waals surface area contributed by atoms with E-state index in [4.69, 9.17) is 92.8 Å². The summed E-state index contributed by atoms with van der Waals surface area (Å²) in [5, 5.41) is 11.8. The van der Waals surface area contributed by atoms with Crippen LogP contribution in [0, 0.1) is 0 Å². The summed E-state index contributed by atoms with van der Waals surface area (Å²) in [7, 11) is 0. The van der Waals surface area contributed by atoms with E-state index in [1.807, 2.05) is 194 Å². The van der Waals surface area contributed by atoms with Crippen LogP contribution in [0.3, 0.4) is 0 Å². The molecule has 28 heteroatoms. The van der Waals surface area contributed by atoms with E-state index in [9.17, 15) is 38.4 Å². The molecule has 0 radical (unpaired) electrons. The standard InChI is InChI=1S/C28H37Cl2N3O2.2C27H35Cl2N3O2.C26H33Cl2N3O2/c29-13-18-33(19-14-30)26-11-9-23(10-12-26)22-28(35)31-25-7-4-6-24(20-25)21-27(34)8-5-17-32-15-2-1-3-16-32;28-12-17-32(18-13-29)25-10-8-22(9-11-25)21-27(34)30-24-6-3-5-23(19-24)20-26(33)7-4-16-31-14-1-2-15-31;28-12-17-32(18-13-29)25-9-7-22(8-10-25)21-27(34)30-24-6-4-5-23(19-24)20-26(33)11-16-31-14-2-1-3-15-31;27-11-15-31(16-12-28)24-9-7-21(8-10-24)19-26(33)29-23-6-4-5-22(17-23)18-25(32)20-30-13-2-1-3-14-30/h4,6-7,9-12,20H,1-3,5,8,13-19,21-22H2,(H,31,35);3,5-6,8-11,19H,1-2,4,7,12-18,20-21H2,(H,30,34);4-10,19H,1-3,11-18,20-21H2,(H,30,34);4-10,17H,1-3,11-16,18-20H2,(H,29,33). The van der Waals surface area contributed by atoms with Crippen LogP contribution in [0.2, 0.25) is 0 Å². The van der Waals surface area contributed by atoms with Gasteiger partial charge >= 0.3 is 0 Å². The first kappa shape index (κ1) is 111. The van der Waals surface area contributed by atoms with Gasteiger partial charge in [0.15, 0.2) is 5.78 Å². The fraction of sp³-hybridized carbons (Fsp3) is 0.481. The first-order valence-corrected chi connectivity index (χ1v) is 52.9. The molecule has 4 aliphatic rings. The van der Waals surface area contributed by atoms with Gasteiger partial charge in [-0.05, 0) is 271 Å². The highest BCUT2D eigenvalue weighted by molar-refractivity contribution is 6.20. The number of amides is 4. The molecule has 12 rings (SSSR count). The predicted molar refractivity (Wildman–Crippen MR) is 570 cm³/mol. The van der Waals surface area contributed by atoms with E-state index in [2.05, 4.69) is 60.5 Å². The van der Waals surface area contributed by atoms with E-state index in [0.717, 1.165) is 201 Å². The van der Waals surface area contributed by atoms with Gasteiger partial charge in [0.2, 0.25) is 23.6 Å². The molecule has 0 spiro atoms. The topological polar surface area (TPSA) is 211 Å². The molecule has 4 aliphatic heterocycles. The Morgan fingerprint density at radius 1 is 0.235 bits per heavy atom. The van der Waals surface area contributed by atoms with Crippen LogP contribution in [-0.2, 0) is 89.7 Å². The van der Waals surface area contributed by atoms with Crippen LogP contribution in [0.25, 0.3) is 0 Å². The molecule has 4 N–H and O–H groups in total. The van der Waals surface area contributed by atoms with Crippen molar-refractivity contribution < 1.29 is 38.4 Å². The van der Waals surface area contributed by atoms with Gasteiger partial charge in [-0.25, -0.2) is 0 Å². The minimum Gasteiger partial charge on any atom is -0.369 e. The van der Waals surface area contributed by atoms with E-state index >= 15 is 0 Å². The summed E-state index contributed by atoms with van der Waals surface area (Å²) in [4.78, 5) is 118. The maximum atomic E-state index is 12.6. The Hall–Kier alpha value is -8.32. The molecule has 0 saturated carbocycles. The molecule has 4 amide bonds. The van der Waals surface area contributed by atoms with Gasteiger partial charge in [0.1, 0.15) is 17.3 Å². The van der Waals surface area contributed by atoms with Gasteiger partial charge < -0.3 is 55.6 Å². The first-order chi connectivity index (χ1) is 66.3. The van der Waals surface area contributed by atoms with Crippen molar-refractivity contribution in [3.05, 3.63) is 239 Å². The molecule has 8 aromatic rings. The van der Waals surface area contributed by atoms with Crippen LogP contribution in [0.1, 0.15) is 147 Å². The molecule has 0 bridgehead atoms. The third kappa shape index (κ3) is 43.6. The molecular weight excluding hydrogens is 1880 g/mol. The number of nitrogens with zero attached hydrogens (tertiary/aromatic N) is 8. The Morgan fingerprint density at radius 3 is 0.706 bits per heavy atom. The lowest BCUT2D eigenvalue weighted by Gasteiger charge is -2.26. The highest BCUT2D eigenvalue weighted by Gasteiger charge is 2.21. The van der Waals surface area contributed by atoms with E-state index in [1.165, 1.54) is 96.8 Å². The molecule has 0 atom stereocenters. The van der Waals surface area contributed by atoms with Gasteiger partial charge in [0.25, 0.3) is 0 Å². The van der Waals surface area contributed by atoms with Gasteiger partial charge in [-0.3, -0.25) is 43.3 Å². The second-order valence-corrected chi connectivity index (χ2v) is 38.4. The van der Waals surface area contributed by atoms with Gasteiger partial charge in [0.05, 0.1) is 32.2 Å². The number of Topliss-reactive ketones (excluding diaryl/α,β-unsaturated/α-hetero) is 4. The number of carbonyl (C=O) groups excluding carboxylic acids is 8. The molecule has 4 fully saturated rings. The number of piperidine rings is 3. The Morgan fingerprint density at radius 2 is 0.456 bits per heavy atom. The van der Waals surface area contributed by atoms with Crippen LogP contribution in [0.15, 0.2) is 194 Å². The zero-order chi connectivity index (χ0) is 96.7. The monoisotopic (exact) mass is 2010 g/mol. The quantitative estimate of drug-likeness (QED) is 0.0261. The summed E-state index contributed by atoms with van der Waals surface area (Å²) in [6, 6.07) is 62.0. The van der Waals surface area contributed by atoms with Gasteiger partial charge in [-0.2, -0.15) is 0 Å². The van der Waals surface area contributed by atoms with Crippen molar-refractivity contribution in [3.63, 3.8) is 0 Å². The molecule has 4 saturated heterocycles. The number of ketones is 4. The number of anilines is 8. The summed E-state index contributed by atoms with van der Waals surface area (Å²) >= 11 is 47.1. The smallest absolute Gasteiger partial charge is 0.228 e. The molecule has 736 valence electrons. The molecule has 0 aliphatic carbocycles. The molecule has 0 unspecified atom stereocenters. The number of benzene rings is 8. The molecule has 0 aromatic heterocycles. The van der Waals surface area contributed by atoms with E-state index in [1.54, 1.807) is 0 Å². The van der Waals surface area contributed by atoms with Crippen molar-refractivity contribution in [1.29, 1.82) is 0 Å². The molecule has 136 heavy (non-hydrogen) atoms. The minimum absolute atomic E-state index is 0.0823. The van der Waals surface area contributed by atoms with Crippen LogP contribution >= 0.6 is 92.8 Å². The van der Waals surface area contributed by atoms with Gasteiger partial charge in [-0.1, -0.05) is 116 Å². The maximum absolute atomic E-state index is 12.6. The fourth-order valence-electron chi connectivity index (χ4n) is 17.4. The molecule has 8 aromatic carbocycles. The summed E-state index contributed by atoms with van der Waals surface area (Å²) in [6.07, 6.45) is 20.2. The van der Waals surface area contributed by atoms with E-state index in [0.29, 0.717) is 98.5 Å². The summed E-state index contributed by atoms with van der Waals surface area (Å²) in [6.45, 7) is 18.1. The van der Waals surface area contributed by atoms with Gasteiger partial charge in [0, 0.05) is 196 Å². The highest BCUT2D eigenvalue weighted by Crippen LogP contribution is 2.26. The second-order valence-electron chi connectivity index (χ2n) is 35.3. The first-order valence-electron chi connectivity index (χ1n) is 48.6. The summed E-state index contributed by atoms with van der Waals surface area (Å²) in [5.74, 6) is 4.89. The van der Waals surface area contributed by atoms with Crippen molar-refractivity contribution in [3.8, 4) is 0 Å². The lowest BCUT2D eigenvalue weighted by molar-refractivity contribution is -0.120. The summed E-state index contributed by atoms with van der Waals surface area (Å²) < 4.78 is 0. The fourth-order valence-corrected chi connectivity index (χ4v) is 19.1. The third-order valence-electron chi connectivity index (χ3n) is 24.5. The minimum atomic E-state index is -0.0853. The SMILES string of the molecule is O=C(CCCN1CCCC1)Cc1cccc(NC(=O)Cc2ccc(N(CCCl)CCCl)cc2)c1.O=C(CCCN1CCCCC1)Cc1cccc(NC(=O)Cc2ccc(N(CCCl)CCCl)cc2)c1.O=C(CCN1CCCCC1)Cc1cccc(NC(=O)Cc2ccc(N(CCCl)CCCl)cc2)c1.O=C(Cc1cccc(NC(=O)Cc2ccc(N(CCCl)CCCl)cc2)c1)CN1CCCCC1. The molecule has 20 nitrogen and oxygen atoms in total. The largest absolute Gasteiger partial charge is 0.369 e. The Bertz CT molecular complexity index is 4840. The van der Waals surface area contributed by atoms with Crippen molar-refractivity contribution in [2.75, 3.05) is 219 Å². The highest BCUT2D eigenvalue weighted by atomic mass is 35.5. The Kier molecular flexibility index (Phi) is 53.1. The lowest BCUT2D eigenvalue weighted by Crippen LogP contribution is -2.35. The zero-order valence-electron chi connectivity index (χ0n) is 79.1. The average molecular weight is 2020 g/mol. The maximum Gasteiger partial charge on any atom is 0.228 e. The predicted octanol–water partition coefficient (Wildman–Crippen LogP) is 20.6. The van der Waals surface area contributed by atoms with Crippen LogP contribution in [0.5, 0.6) is 0 Å². The van der Waals surface area contributed by atoms with Crippen LogP contribution < -0.4 is 40.9 Å². The van der Waals surface area contributed by atoms with Crippen molar-refractivity contribution in [2.24, 2.45) is 0 Å². The van der Waals surface area contributed by atoms with E-state index in [-0.39, 0.29) is 72.4 Å². The van der Waals surface area contributed by atoms with Crippen molar-refractivity contribution >= 4 is 185 Å². The summed E-state index contributed by atoms with van der Waals surface area (Å²) in [5.41, 5.74) is 14.5. The average Bonchev–Trinajstić information content (AvgIpc) is 1.19. The number of likely N-dealkylation sites (tertiary alicyclic amines) is 4.